The van der Waals surface area contributed by atoms with Crippen LogP contribution in [0.5, 0.6) is 6.01 Å². The fraction of sp³-hybridized carbons (Fsp3) is 0.659. The van der Waals surface area contributed by atoms with Crippen molar-refractivity contribution in [3.8, 4) is 6.01 Å². The number of anilines is 1. The van der Waals surface area contributed by atoms with E-state index >= 15 is 4.39 Å². The molecule has 2 bridgehead atoms. The molecule has 4 atom stereocenters. The van der Waals surface area contributed by atoms with Gasteiger partial charge in [-0.15, -0.1) is 0 Å². The van der Waals surface area contributed by atoms with Gasteiger partial charge in [-0.25, -0.2) is 14.2 Å². The van der Waals surface area contributed by atoms with Crippen LogP contribution >= 0.6 is 11.6 Å². The first-order valence-corrected chi connectivity index (χ1v) is 20.7. The molecule has 2 aromatic heterocycles. The Kier molecular flexibility index (Phi) is 14.7. The van der Waals surface area contributed by atoms with Crippen LogP contribution in [0.4, 0.5) is 41.3 Å². The molecule has 6 fully saturated rings. The van der Waals surface area contributed by atoms with E-state index in [9.17, 15) is 31.1 Å². The highest BCUT2D eigenvalue weighted by atomic mass is 35.5. The van der Waals surface area contributed by atoms with E-state index in [2.05, 4.69) is 26.8 Å². The molecule has 6 aliphatic rings. The summed E-state index contributed by atoms with van der Waals surface area (Å²) >= 11 is 5.99. The van der Waals surface area contributed by atoms with Gasteiger partial charge in [-0.1, -0.05) is 25.4 Å². The Morgan fingerprint density at radius 3 is 2.23 bits per heavy atom. The number of hydrogen-bond donors (Lipinski definition) is 1. The van der Waals surface area contributed by atoms with Gasteiger partial charge in [0.2, 0.25) is 0 Å². The number of nitrogens with zero attached hydrogens (tertiary/aromatic N) is 7. The minimum atomic E-state index is -1.95. The van der Waals surface area contributed by atoms with E-state index in [-0.39, 0.29) is 72.9 Å². The maximum absolute atomic E-state index is 15.3. The molecule has 0 aliphatic carbocycles. The number of hydrogen-bond acceptors (Lipinski definition) is 10. The fourth-order valence-electron chi connectivity index (χ4n) is 9.59. The van der Waals surface area contributed by atoms with E-state index in [1.807, 2.05) is 18.7 Å². The normalized spacial score (nSPS) is 27.0. The van der Waals surface area contributed by atoms with Crippen molar-refractivity contribution in [1.29, 1.82) is 0 Å². The number of carbonyl (C=O) groups is 1. The predicted molar refractivity (Wildman–Crippen MR) is 214 cm³/mol. The first-order valence-electron chi connectivity index (χ1n) is 20.3. The second kappa shape index (κ2) is 18.7. The monoisotopic (exact) mass is 877 g/mol. The number of aliphatic hydroxyl groups is 1. The zero-order valence-corrected chi connectivity index (χ0v) is 35.9. The molecule has 0 spiro atoms. The molecule has 1 N–H and O–H groups in total. The molecule has 8 heterocycles. The molecule has 0 saturated carbocycles. The number of aromatic nitrogens is 3. The Morgan fingerprint density at radius 1 is 0.967 bits per heavy atom. The third-order valence-electron chi connectivity index (χ3n) is 12.1. The summed E-state index contributed by atoms with van der Waals surface area (Å²) in [6, 6.07) is -0.727. The molecule has 0 aromatic carbocycles. The maximum Gasteiger partial charge on any atom is 0.411 e. The van der Waals surface area contributed by atoms with Crippen LogP contribution in [0.3, 0.4) is 0 Å². The Balaban J connectivity index is 0.000000359. The van der Waals surface area contributed by atoms with Gasteiger partial charge >= 0.3 is 12.1 Å². The molecular formula is C41H55ClF7N7O4. The van der Waals surface area contributed by atoms with Crippen molar-refractivity contribution in [3.63, 3.8) is 0 Å². The molecule has 6 saturated heterocycles. The summed E-state index contributed by atoms with van der Waals surface area (Å²) in [4.78, 5) is 33.2. The van der Waals surface area contributed by atoms with Crippen molar-refractivity contribution in [2.45, 2.75) is 121 Å². The van der Waals surface area contributed by atoms with Gasteiger partial charge in [0.25, 0.3) is 18.2 Å². The second-order valence-corrected chi connectivity index (χ2v) is 17.4. The van der Waals surface area contributed by atoms with Gasteiger partial charge in [0, 0.05) is 62.2 Å². The fourth-order valence-corrected chi connectivity index (χ4v) is 9.73. The van der Waals surface area contributed by atoms with Crippen molar-refractivity contribution in [2.24, 2.45) is 0 Å². The average molecular weight is 878 g/mol. The Hall–Kier alpha value is -3.74. The SMILES string of the molecule is CC.CC(C)(C)OC(=O)N1C2CCC1(C=C(F)F)CN(c1nc(OC[C@]34CCCN3CC(=C(F)F)C4)nc3c(F)c(Cl)ncc13)C2.CC12CCCN1CC(=C(F)F)C2.CO. The minimum absolute atomic E-state index is 0.00997. The lowest BCUT2D eigenvalue weighted by molar-refractivity contribution is 0.00166. The number of carbonyl (C=O) groups excluding carboxylic acids is 1. The van der Waals surface area contributed by atoms with Crippen LogP contribution in [-0.4, -0.2) is 122 Å². The van der Waals surface area contributed by atoms with Crippen LogP contribution in [0.2, 0.25) is 5.15 Å². The number of fused-ring (bicyclic) bond motifs is 5. The third kappa shape index (κ3) is 9.65. The second-order valence-electron chi connectivity index (χ2n) is 17.1. The molecule has 2 aromatic rings. The van der Waals surface area contributed by atoms with Crippen LogP contribution in [0, 0.1) is 5.82 Å². The molecule has 334 valence electrons. The van der Waals surface area contributed by atoms with E-state index in [0.717, 1.165) is 39.0 Å². The number of pyridine rings is 1. The first-order chi connectivity index (χ1) is 28.3. The molecule has 0 radical (unpaired) electrons. The molecule has 60 heavy (non-hydrogen) atoms. The average Bonchev–Trinajstić information content (AvgIpc) is 3.97. The lowest BCUT2D eigenvalue weighted by Gasteiger charge is -2.47. The van der Waals surface area contributed by atoms with Crippen LogP contribution < -0.4 is 9.64 Å². The van der Waals surface area contributed by atoms with Gasteiger partial charge < -0.3 is 19.5 Å². The summed E-state index contributed by atoms with van der Waals surface area (Å²) < 4.78 is 106. The summed E-state index contributed by atoms with van der Waals surface area (Å²) in [5.74, 6) is -0.743. The lowest BCUT2D eigenvalue weighted by Crippen LogP contribution is -2.63. The smallest absolute Gasteiger partial charge is 0.411 e. The topological polar surface area (TPSA) is 107 Å². The van der Waals surface area contributed by atoms with E-state index in [1.54, 1.807) is 25.7 Å². The predicted octanol–water partition coefficient (Wildman–Crippen LogP) is 9.35. The number of piperazine rings is 1. The van der Waals surface area contributed by atoms with Crippen molar-refractivity contribution in [1.82, 2.24) is 29.7 Å². The number of rotatable bonds is 5. The highest BCUT2D eigenvalue weighted by molar-refractivity contribution is 6.30. The number of ether oxygens (including phenoxy) is 2. The number of aliphatic hydroxyl groups excluding tert-OH is 1. The van der Waals surface area contributed by atoms with Crippen molar-refractivity contribution in [3.05, 3.63) is 52.6 Å². The lowest BCUT2D eigenvalue weighted by atomic mass is 9.94. The molecule has 1 amide bonds. The zero-order chi connectivity index (χ0) is 44.4. The van der Waals surface area contributed by atoms with Crippen LogP contribution in [0.25, 0.3) is 10.9 Å². The van der Waals surface area contributed by atoms with Crippen molar-refractivity contribution in [2.75, 3.05) is 57.9 Å². The van der Waals surface area contributed by atoms with Gasteiger partial charge in [-0.2, -0.15) is 36.3 Å². The number of amides is 1. The number of halogens is 8. The highest BCUT2D eigenvalue weighted by Crippen LogP contribution is 2.46. The summed E-state index contributed by atoms with van der Waals surface area (Å²) in [5, 5.41) is 6.75. The largest absolute Gasteiger partial charge is 0.461 e. The minimum Gasteiger partial charge on any atom is -0.461 e. The Morgan fingerprint density at radius 2 is 1.60 bits per heavy atom. The van der Waals surface area contributed by atoms with Crippen molar-refractivity contribution >= 4 is 34.4 Å². The van der Waals surface area contributed by atoms with Gasteiger partial charge in [0.1, 0.15) is 23.5 Å². The molecule has 19 heteroatoms. The van der Waals surface area contributed by atoms with Gasteiger partial charge in [-0.05, 0) is 92.2 Å². The molecule has 8 rings (SSSR count). The van der Waals surface area contributed by atoms with Crippen molar-refractivity contribution < 1.29 is 50.1 Å². The van der Waals surface area contributed by atoms with E-state index in [4.69, 9.17) is 26.2 Å². The maximum atomic E-state index is 15.3. The summed E-state index contributed by atoms with van der Waals surface area (Å²) in [5.41, 5.74) is -2.64. The summed E-state index contributed by atoms with van der Waals surface area (Å²) in [7, 11) is 1.00. The van der Waals surface area contributed by atoms with Gasteiger partial charge in [0.15, 0.2) is 11.0 Å². The Bertz CT molecular complexity index is 1990. The standard InChI is InChI=1S/C29H32ClF5N6O3.C9H13F2N.C2H6.CH4O/c1-27(2,3)44-26(42)41-17-5-7-28(41,10-19(31)32)14-39(13-17)24-18-11-36-22(30)20(33)21(18)37-25(38-24)43-15-29-6-4-8-40(29)12-16(9-29)23(34)35;1-9-3-2-4-12(9)6-7(5-9)8(10)11;2*1-2/h10-11,17H,4-9,12-15H2,1-3H3;2-6H2,1H3;1-2H3;2H,1H3/t17?,28?,29-;;;/m1.../s1. The third-order valence-corrected chi connectivity index (χ3v) is 12.3. The summed E-state index contributed by atoms with van der Waals surface area (Å²) in [6.07, 6.45) is 1.33. The molecule has 11 nitrogen and oxygen atoms in total. The Labute approximate surface area is 351 Å². The van der Waals surface area contributed by atoms with Crippen LogP contribution in [0.1, 0.15) is 92.9 Å². The first kappa shape index (κ1) is 47.3. The van der Waals surface area contributed by atoms with Gasteiger partial charge in [0.05, 0.1) is 22.5 Å². The molecule has 3 unspecified atom stereocenters. The van der Waals surface area contributed by atoms with Crippen LogP contribution in [-0.2, 0) is 4.74 Å². The van der Waals surface area contributed by atoms with Gasteiger partial charge in [-0.3, -0.25) is 14.7 Å². The molecule has 6 aliphatic heterocycles. The van der Waals surface area contributed by atoms with E-state index in [0.29, 0.717) is 37.9 Å². The van der Waals surface area contributed by atoms with E-state index in [1.165, 1.54) is 11.1 Å². The summed E-state index contributed by atoms with van der Waals surface area (Å²) in [6.45, 7) is 13.5. The highest BCUT2D eigenvalue weighted by Gasteiger charge is 2.55. The van der Waals surface area contributed by atoms with Crippen LogP contribution in [0.15, 0.2) is 41.7 Å². The quantitative estimate of drug-likeness (QED) is 0.231. The van der Waals surface area contributed by atoms with E-state index < -0.39 is 58.0 Å². The zero-order valence-electron chi connectivity index (χ0n) is 35.2. The molecular weight excluding hydrogens is 823 g/mol.